The minimum atomic E-state index is -1.17. The molecule has 0 aliphatic carbocycles. The van der Waals surface area contributed by atoms with Gasteiger partial charge in [-0.1, -0.05) is 13.3 Å². The molecule has 12 heavy (non-hydrogen) atoms. The molecule has 0 bridgehead atoms. The zero-order chi connectivity index (χ0) is 10.1. The molecule has 1 unspecified atom stereocenters. The van der Waals surface area contributed by atoms with Crippen molar-refractivity contribution in [2.45, 2.75) is 32.8 Å². The van der Waals surface area contributed by atoms with Crippen molar-refractivity contribution in [3.8, 4) is 0 Å². The summed E-state index contributed by atoms with van der Waals surface area (Å²) >= 11 is 0. The Morgan fingerprint density at radius 1 is 1.33 bits per heavy atom. The van der Waals surface area contributed by atoms with E-state index >= 15 is 0 Å². The van der Waals surface area contributed by atoms with Gasteiger partial charge in [0.05, 0.1) is 0 Å². The van der Waals surface area contributed by atoms with Gasteiger partial charge in [-0.15, -0.1) is 0 Å². The van der Waals surface area contributed by atoms with Crippen molar-refractivity contribution < 1.29 is 24.9 Å². The Balaban J connectivity index is 0. The molecule has 0 aromatic rings. The molecule has 0 aliphatic heterocycles. The van der Waals surface area contributed by atoms with Gasteiger partial charge in [-0.05, 0) is 6.42 Å². The van der Waals surface area contributed by atoms with Crippen LogP contribution in [0.1, 0.15) is 26.7 Å². The number of hydrogen-bond donors (Lipinski definition) is 3. The third-order valence-corrected chi connectivity index (χ3v) is 0.847. The molecule has 0 heterocycles. The monoisotopic (exact) mass is 178 g/mol. The van der Waals surface area contributed by atoms with Gasteiger partial charge >= 0.3 is 5.97 Å². The average molecular weight is 178 g/mol. The van der Waals surface area contributed by atoms with Gasteiger partial charge < -0.3 is 15.3 Å². The Morgan fingerprint density at radius 2 is 1.67 bits per heavy atom. The molecule has 0 aliphatic rings. The summed E-state index contributed by atoms with van der Waals surface area (Å²) in [5.74, 6) is -1.97. The SMILES string of the molecule is CC(=O)O.CCCC(O)C(=O)O. The highest BCUT2D eigenvalue weighted by Crippen LogP contribution is 1.93. The summed E-state index contributed by atoms with van der Waals surface area (Å²) in [4.78, 5) is 18.8. The van der Waals surface area contributed by atoms with E-state index in [1.165, 1.54) is 0 Å². The van der Waals surface area contributed by atoms with Crippen molar-refractivity contribution in [2.75, 3.05) is 0 Å². The van der Waals surface area contributed by atoms with Crippen molar-refractivity contribution in [3.63, 3.8) is 0 Å². The predicted molar refractivity (Wildman–Crippen MR) is 41.9 cm³/mol. The van der Waals surface area contributed by atoms with E-state index in [1.54, 1.807) is 0 Å². The van der Waals surface area contributed by atoms with Crippen molar-refractivity contribution in [2.24, 2.45) is 0 Å². The number of carbonyl (C=O) groups is 2. The second kappa shape index (κ2) is 8.00. The molecule has 0 rings (SSSR count). The first-order valence-corrected chi connectivity index (χ1v) is 3.52. The first-order valence-electron chi connectivity index (χ1n) is 3.52. The van der Waals surface area contributed by atoms with Crippen LogP contribution in [0.25, 0.3) is 0 Å². The number of carboxylic acids is 2. The second-order valence-electron chi connectivity index (χ2n) is 2.16. The fourth-order valence-corrected chi connectivity index (χ4v) is 0.397. The molecule has 0 saturated heterocycles. The van der Waals surface area contributed by atoms with Gasteiger partial charge in [0, 0.05) is 6.92 Å². The maximum absolute atomic E-state index is 9.84. The average Bonchev–Trinajstić information content (AvgIpc) is 1.86. The number of rotatable bonds is 3. The van der Waals surface area contributed by atoms with Gasteiger partial charge in [0.1, 0.15) is 0 Å². The molecule has 0 spiro atoms. The number of aliphatic carboxylic acids is 2. The number of aliphatic hydroxyl groups is 1. The van der Waals surface area contributed by atoms with E-state index in [4.69, 9.17) is 20.1 Å². The molecule has 0 radical (unpaired) electrons. The quantitative estimate of drug-likeness (QED) is 0.578. The van der Waals surface area contributed by atoms with Crippen LogP contribution in [0, 0.1) is 0 Å². The summed E-state index contributed by atoms with van der Waals surface area (Å²) < 4.78 is 0. The first kappa shape index (κ1) is 13.5. The number of aliphatic hydroxyl groups excluding tert-OH is 1. The number of hydrogen-bond acceptors (Lipinski definition) is 3. The van der Waals surface area contributed by atoms with Crippen molar-refractivity contribution in [1.82, 2.24) is 0 Å². The van der Waals surface area contributed by atoms with Crippen LogP contribution in [-0.4, -0.2) is 33.4 Å². The van der Waals surface area contributed by atoms with Crippen LogP contribution < -0.4 is 0 Å². The minimum Gasteiger partial charge on any atom is -0.481 e. The van der Waals surface area contributed by atoms with Gasteiger partial charge in [0.15, 0.2) is 6.10 Å². The first-order chi connectivity index (χ1) is 5.41. The zero-order valence-corrected chi connectivity index (χ0v) is 7.15. The summed E-state index contributed by atoms with van der Waals surface area (Å²) in [6.07, 6.45) is -0.122. The van der Waals surface area contributed by atoms with Crippen LogP contribution in [-0.2, 0) is 9.59 Å². The number of carboxylic acid groups (broad SMARTS) is 2. The Kier molecular flexibility index (Phi) is 8.99. The van der Waals surface area contributed by atoms with Crippen LogP contribution in [0.4, 0.5) is 0 Å². The maximum atomic E-state index is 9.84. The molecular formula is C7H14O5. The van der Waals surface area contributed by atoms with Crippen LogP contribution in [0.3, 0.4) is 0 Å². The Bertz CT molecular complexity index is 139. The molecule has 5 heteroatoms. The molecule has 72 valence electrons. The lowest BCUT2D eigenvalue weighted by Gasteiger charge is -1.99. The fraction of sp³-hybridized carbons (Fsp3) is 0.714. The molecule has 3 N–H and O–H groups in total. The van der Waals surface area contributed by atoms with E-state index in [0.29, 0.717) is 12.8 Å². The van der Waals surface area contributed by atoms with E-state index in [1.807, 2.05) is 6.92 Å². The Labute approximate surface area is 70.6 Å². The smallest absolute Gasteiger partial charge is 0.332 e. The molecule has 0 aromatic carbocycles. The van der Waals surface area contributed by atoms with E-state index in [-0.39, 0.29) is 0 Å². The van der Waals surface area contributed by atoms with Crippen molar-refractivity contribution in [1.29, 1.82) is 0 Å². The third-order valence-electron chi connectivity index (χ3n) is 0.847. The summed E-state index contributed by atoms with van der Waals surface area (Å²) in [6, 6.07) is 0. The van der Waals surface area contributed by atoms with Gasteiger partial charge in [-0.3, -0.25) is 4.79 Å². The normalized spacial score (nSPS) is 10.9. The fourth-order valence-electron chi connectivity index (χ4n) is 0.397. The topological polar surface area (TPSA) is 94.8 Å². The summed E-state index contributed by atoms with van der Waals surface area (Å²) in [5, 5.41) is 24.0. The summed E-state index contributed by atoms with van der Waals surface area (Å²) in [6.45, 7) is 2.91. The molecular weight excluding hydrogens is 164 g/mol. The molecule has 0 amide bonds. The summed E-state index contributed by atoms with van der Waals surface area (Å²) in [7, 11) is 0. The molecule has 0 fully saturated rings. The summed E-state index contributed by atoms with van der Waals surface area (Å²) in [5.41, 5.74) is 0. The van der Waals surface area contributed by atoms with Gasteiger partial charge in [0.2, 0.25) is 0 Å². The van der Waals surface area contributed by atoms with E-state index in [0.717, 1.165) is 6.92 Å². The van der Waals surface area contributed by atoms with E-state index in [2.05, 4.69) is 0 Å². The Morgan fingerprint density at radius 3 is 1.75 bits per heavy atom. The van der Waals surface area contributed by atoms with E-state index in [9.17, 15) is 4.79 Å². The van der Waals surface area contributed by atoms with Crippen LogP contribution in [0.15, 0.2) is 0 Å². The second-order valence-corrected chi connectivity index (χ2v) is 2.16. The standard InChI is InChI=1S/C5H10O3.C2H4O2/c1-2-3-4(6)5(7)8;1-2(3)4/h4,6H,2-3H2,1H3,(H,7,8);1H3,(H,3,4). The zero-order valence-electron chi connectivity index (χ0n) is 7.15. The molecule has 0 aromatic heterocycles. The van der Waals surface area contributed by atoms with Crippen LogP contribution in [0.2, 0.25) is 0 Å². The maximum Gasteiger partial charge on any atom is 0.332 e. The minimum absolute atomic E-state index is 0.343. The lowest BCUT2D eigenvalue weighted by atomic mass is 10.2. The predicted octanol–water partition coefficient (Wildman–Crippen LogP) is 0.323. The molecule has 5 nitrogen and oxygen atoms in total. The highest BCUT2D eigenvalue weighted by molar-refractivity contribution is 5.71. The van der Waals surface area contributed by atoms with Gasteiger partial charge in [0.25, 0.3) is 5.97 Å². The van der Waals surface area contributed by atoms with Gasteiger partial charge in [-0.2, -0.15) is 0 Å². The highest BCUT2D eigenvalue weighted by atomic mass is 16.4. The largest absolute Gasteiger partial charge is 0.481 e. The van der Waals surface area contributed by atoms with E-state index < -0.39 is 18.0 Å². The van der Waals surface area contributed by atoms with Crippen molar-refractivity contribution in [3.05, 3.63) is 0 Å². The molecule has 1 atom stereocenters. The van der Waals surface area contributed by atoms with Crippen LogP contribution in [0.5, 0.6) is 0 Å². The molecule has 0 saturated carbocycles. The highest BCUT2D eigenvalue weighted by Gasteiger charge is 2.09. The lowest BCUT2D eigenvalue weighted by molar-refractivity contribution is -0.146. The van der Waals surface area contributed by atoms with Crippen molar-refractivity contribution >= 4 is 11.9 Å². The van der Waals surface area contributed by atoms with Crippen LogP contribution >= 0.6 is 0 Å². The van der Waals surface area contributed by atoms with Gasteiger partial charge in [-0.25, -0.2) is 4.79 Å². The third kappa shape index (κ3) is 16.0. The lowest BCUT2D eigenvalue weighted by Crippen LogP contribution is -2.18. The Hall–Kier alpha value is -1.10.